The van der Waals surface area contributed by atoms with Gasteiger partial charge in [0.2, 0.25) is 5.91 Å². The van der Waals surface area contributed by atoms with E-state index in [1.54, 1.807) is 6.08 Å². The van der Waals surface area contributed by atoms with E-state index in [9.17, 15) is 14.7 Å². The van der Waals surface area contributed by atoms with E-state index in [-0.39, 0.29) is 11.8 Å². The first-order chi connectivity index (χ1) is 8.56. The third kappa shape index (κ3) is 2.14. The predicted octanol–water partition coefficient (Wildman–Crippen LogP) is 0.601. The third-order valence-corrected chi connectivity index (χ3v) is 4.16. The molecule has 5 nitrogen and oxygen atoms in total. The average Bonchev–Trinajstić information content (AvgIpc) is 2.86. The van der Waals surface area contributed by atoms with Crippen molar-refractivity contribution in [1.82, 2.24) is 4.90 Å². The first-order valence-corrected chi connectivity index (χ1v) is 6.46. The minimum Gasteiger partial charge on any atom is -0.480 e. The number of nitrogens with zero attached hydrogens (tertiary/aromatic N) is 1. The monoisotopic (exact) mass is 252 g/mol. The molecule has 4 atom stereocenters. The molecule has 0 aromatic carbocycles. The molecule has 1 amide bonds. The van der Waals surface area contributed by atoms with E-state index in [0.717, 1.165) is 19.3 Å². The summed E-state index contributed by atoms with van der Waals surface area (Å²) in [6.45, 7) is 4.10. The number of carboxylic acid groups (broad SMARTS) is 1. The molecule has 100 valence electrons. The number of rotatable bonds is 4. The molecule has 2 fully saturated rings. The molecule has 0 spiro atoms. The van der Waals surface area contributed by atoms with Gasteiger partial charge in [0.05, 0.1) is 6.04 Å². The molecule has 5 heteroatoms. The topological polar surface area (TPSA) is 83.6 Å². The second-order valence-corrected chi connectivity index (χ2v) is 5.26. The Kier molecular flexibility index (Phi) is 3.71. The zero-order valence-corrected chi connectivity index (χ0v) is 10.4. The van der Waals surface area contributed by atoms with Crippen molar-refractivity contribution in [1.29, 1.82) is 0 Å². The minimum absolute atomic E-state index is 0.113. The Morgan fingerprint density at radius 1 is 1.50 bits per heavy atom. The zero-order chi connectivity index (χ0) is 13.3. The fourth-order valence-electron chi connectivity index (χ4n) is 3.34. The van der Waals surface area contributed by atoms with E-state index in [1.807, 2.05) is 0 Å². The molecule has 0 radical (unpaired) electrons. The average molecular weight is 252 g/mol. The van der Waals surface area contributed by atoms with Crippen LogP contribution in [0.5, 0.6) is 0 Å². The molecule has 1 saturated carbocycles. The lowest BCUT2D eigenvalue weighted by Crippen LogP contribution is -2.49. The number of likely N-dealkylation sites (tertiary alicyclic amines) is 1. The van der Waals surface area contributed by atoms with Crippen molar-refractivity contribution in [2.24, 2.45) is 17.6 Å². The fourth-order valence-corrected chi connectivity index (χ4v) is 3.34. The number of aliphatic carboxylic acids is 1. The Hall–Kier alpha value is -1.36. The van der Waals surface area contributed by atoms with Crippen molar-refractivity contribution in [3.8, 4) is 0 Å². The zero-order valence-electron chi connectivity index (χ0n) is 10.4. The number of carbonyl (C=O) groups is 2. The molecule has 1 saturated heterocycles. The summed E-state index contributed by atoms with van der Waals surface area (Å²) in [4.78, 5) is 25.0. The van der Waals surface area contributed by atoms with E-state index >= 15 is 0 Å². The minimum atomic E-state index is -0.899. The highest BCUT2D eigenvalue weighted by Crippen LogP contribution is 2.42. The largest absolute Gasteiger partial charge is 0.480 e. The van der Waals surface area contributed by atoms with E-state index in [1.165, 1.54) is 4.90 Å². The van der Waals surface area contributed by atoms with Crippen LogP contribution in [0.15, 0.2) is 12.7 Å². The van der Waals surface area contributed by atoms with Gasteiger partial charge in [-0.25, -0.2) is 4.79 Å². The molecule has 0 aromatic rings. The molecule has 1 aliphatic heterocycles. The number of carboxylic acids is 1. The summed E-state index contributed by atoms with van der Waals surface area (Å²) in [5.74, 6) is -0.700. The molecular weight excluding hydrogens is 232 g/mol. The number of hydrogen-bond acceptors (Lipinski definition) is 3. The van der Waals surface area contributed by atoms with Crippen molar-refractivity contribution in [2.45, 2.75) is 37.8 Å². The van der Waals surface area contributed by atoms with Crippen LogP contribution in [0.4, 0.5) is 0 Å². The van der Waals surface area contributed by atoms with Gasteiger partial charge in [0, 0.05) is 6.54 Å². The summed E-state index contributed by atoms with van der Waals surface area (Å²) in [5.41, 5.74) is 5.76. The molecule has 18 heavy (non-hydrogen) atoms. The van der Waals surface area contributed by atoms with E-state index in [2.05, 4.69) is 6.58 Å². The van der Waals surface area contributed by atoms with Crippen LogP contribution < -0.4 is 5.73 Å². The first kappa shape index (κ1) is 13.1. The Balaban J connectivity index is 2.14. The van der Waals surface area contributed by atoms with Crippen molar-refractivity contribution in [3.63, 3.8) is 0 Å². The van der Waals surface area contributed by atoms with E-state index in [4.69, 9.17) is 5.73 Å². The molecule has 2 aliphatic rings. The molecule has 2 rings (SSSR count). The van der Waals surface area contributed by atoms with Crippen molar-refractivity contribution in [2.75, 3.05) is 6.54 Å². The van der Waals surface area contributed by atoms with Crippen molar-refractivity contribution < 1.29 is 14.7 Å². The SMILES string of the molecule is C=CCC(N)C(=O)N1CC2CCCC2C1C(=O)O. The van der Waals surface area contributed by atoms with Crippen molar-refractivity contribution >= 4 is 11.9 Å². The number of amides is 1. The van der Waals surface area contributed by atoms with Gasteiger partial charge in [-0.1, -0.05) is 12.5 Å². The predicted molar refractivity (Wildman–Crippen MR) is 66.8 cm³/mol. The highest BCUT2D eigenvalue weighted by Gasteiger charge is 2.49. The molecule has 1 heterocycles. The van der Waals surface area contributed by atoms with Crippen LogP contribution in [0, 0.1) is 11.8 Å². The molecule has 0 bridgehead atoms. The standard InChI is InChI=1S/C13H20N2O3/c1-2-4-10(14)12(16)15-7-8-5-3-6-9(8)11(15)13(17)18/h2,8-11H,1,3-7,14H2,(H,17,18). The lowest BCUT2D eigenvalue weighted by Gasteiger charge is -2.26. The maximum atomic E-state index is 12.2. The van der Waals surface area contributed by atoms with Gasteiger partial charge in [-0.05, 0) is 31.1 Å². The van der Waals surface area contributed by atoms with Crippen LogP contribution in [0.1, 0.15) is 25.7 Å². The number of carbonyl (C=O) groups excluding carboxylic acids is 1. The highest BCUT2D eigenvalue weighted by atomic mass is 16.4. The molecule has 3 N–H and O–H groups in total. The fraction of sp³-hybridized carbons (Fsp3) is 0.692. The summed E-state index contributed by atoms with van der Waals surface area (Å²) in [5, 5.41) is 9.34. The molecule has 0 aromatic heterocycles. The smallest absolute Gasteiger partial charge is 0.326 e. The van der Waals surface area contributed by atoms with Gasteiger partial charge in [0.15, 0.2) is 0 Å². The van der Waals surface area contributed by atoms with Crippen molar-refractivity contribution in [3.05, 3.63) is 12.7 Å². The van der Waals surface area contributed by atoms with Crippen LogP contribution >= 0.6 is 0 Å². The van der Waals surface area contributed by atoms with Crippen LogP contribution in [0.25, 0.3) is 0 Å². The number of nitrogens with two attached hydrogens (primary N) is 1. The number of hydrogen-bond donors (Lipinski definition) is 2. The second kappa shape index (κ2) is 5.10. The molecular formula is C13H20N2O3. The van der Waals surface area contributed by atoms with Gasteiger partial charge in [-0.15, -0.1) is 6.58 Å². The lowest BCUT2D eigenvalue weighted by atomic mass is 9.94. The Morgan fingerprint density at radius 2 is 2.22 bits per heavy atom. The van der Waals surface area contributed by atoms with Gasteiger partial charge in [-0.2, -0.15) is 0 Å². The van der Waals surface area contributed by atoms with E-state index in [0.29, 0.717) is 18.9 Å². The van der Waals surface area contributed by atoms with Crippen LogP contribution in [0.2, 0.25) is 0 Å². The molecule has 4 unspecified atom stereocenters. The number of fused-ring (bicyclic) bond motifs is 1. The summed E-state index contributed by atoms with van der Waals surface area (Å²) in [7, 11) is 0. The van der Waals surface area contributed by atoms with Crippen LogP contribution in [0.3, 0.4) is 0 Å². The second-order valence-electron chi connectivity index (χ2n) is 5.26. The molecule has 1 aliphatic carbocycles. The maximum absolute atomic E-state index is 12.2. The third-order valence-electron chi connectivity index (χ3n) is 4.16. The normalized spacial score (nSPS) is 32.1. The van der Waals surface area contributed by atoms with Gasteiger partial charge in [0.25, 0.3) is 0 Å². The summed E-state index contributed by atoms with van der Waals surface area (Å²) in [6.07, 6.45) is 4.98. The lowest BCUT2D eigenvalue weighted by molar-refractivity contribution is -0.150. The van der Waals surface area contributed by atoms with Gasteiger partial charge in [-0.3, -0.25) is 4.79 Å². The summed E-state index contributed by atoms with van der Waals surface area (Å²) >= 11 is 0. The highest BCUT2D eigenvalue weighted by molar-refractivity contribution is 5.88. The summed E-state index contributed by atoms with van der Waals surface area (Å²) < 4.78 is 0. The van der Waals surface area contributed by atoms with E-state index < -0.39 is 18.1 Å². The quantitative estimate of drug-likeness (QED) is 0.718. The summed E-state index contributed by atoms with van der Waals surface area (Å²) in [6, 6.07) is -1.34. The Labute approximate surface area is 107 Å². The Morgan fingerprint density at radius 3 is 2.83 bits per heavy atom. The first-order valence-electron chi connectivity index (χ1n) is 6.46. The van der Waals surface area contributed by atoms with Gasteiger partial charge < -0.3 is 15.7 Å². The van der Waals surface area contributed by atoms with Crippen LogP contribution in [-0.4, -0.2) is 40.5 Å². The Bertz CT molecular complexity index is 369. The van der Waals surface area contributed by atoms with Gasteiger partial charge >= 0.3 is 5.97 Å². The maximum Gasteiger partial charge on any atom is 0.326 e. The van der Waals surface area contributed by atoms with Gasteiger partial charge in [0.1, 0.15) is 6.04 Å². The van der Waals surface area contributed by atoms with Crippen LogP contribution in [-0.2, 0) is 9.59 Å².